The summed E-state index contributed by atoms with van der Waals surface area (Å²) in [4.78, 5) is 19.3. The number of thiophene rings is 1. The molecule has 0 spiro atoms. The third-order valence-corrected chi connectivity index (χ3v) is 7.35. The predicted octanol–water partition coefficient (Wildman–Crippen LogP) is 7.08. The van der Waals surface area contributed by atoms with E-state index in [4.69, 9.17) is 9.73 Å². The molecule has 0 aliphatic heterocycles. The summed E-state index contributed by atoms with van der Waals surface area (Å²) < 4.78 is 5.87. The number of hydrogen-bond acceptors (Lipinski definition) is 5. The number of fused-ring (bicyclic) bond motifs is 1. The maximum atomic E-state index is 13.2. The molecule has 1 aliphatic rings. The Hall–Kier alpha value is -4.21. The lowest BCUT2D eigenvalue weighted by molar-refractivity contribution is 0.102. The molecule has 4 aromatic rings. The van der Waals surface area contributed by atoms with Gasteiger partial charge in [-0.25, -0.2) is 4.99 Å². The van der Waals surface area contributed by atoms with Gasteiger partial charge in [-0.05, 0) is 79.3 Å². The number of hydrogen-bond donors (Lipinski definition) is 1. The Balaban J connectivity index is 1.32. The van der Waals surface area contributed by atoms with Crippen molar-refractivity contribution >= 4 is 34.1 Å². The highest BCUT2D eigenvalue weighted by molar-refractivity contribution is 7.16. The van der Waals surface area contributed by atoms with Crippen LogP contribution in [0, 0.1) is 11.3 Å². The summed E-state index contributed by atoms with van der Waals surface area (Å²) in [6.45, 7) is 0.331. The number of nitrogens with zero attached hydrogens (tertiary/aromatic N) is 2. The van der Waals surface area contributed by atoms with Crippen LogP contribution in [-0.4, -0.2) is 12.1 Å². The SMILES string of the molecule is N#Cc1ccccc1COc1ccc(C=Nc2sc3c(c2C(=O)Nc2ccccc2)CCCC3)cc1. The molecule has 0 fully saturated rings. The van der Waals surface area contributed by atoms with Crippen molar-refractivity contribution < 1.29 is 9.53 Å². The summed E-state index contributed by atoms with van der Waals surface area (Å²) in [5, 5.41) is 13.0. The van der Waals surface area contributed by atoms with Crippen LogP contribution in [0.25, 0.3) is 0 Å². The minimum absolute atomic E-state index is 0.103. The van der Waals surface area contributed by atoms with Crippen molar-refractivity contribution in [3.05, 3.63) is 112 Å². The highest BCUT2D eigenvalue weighted by Gasteiger charge is 2.25. The lowest BCUT2D eigenvalue weighted by atomic mass is 9.95. The number of rotatable bonds is 7. The number of anilines is 1. The Morgan fingerprint density at radius 2 is 1.75 bits per heavy atom. The molecule has 36 heavy (non-hydrogen) atoms. The number of nitriles is 1. The number of ether oxygens (including phenoxy) is 1. The van der Waals surface area contributed by atoms with E-state index in [1.807, 2.05) is 72.8 Å². The summed E-state index contributed by atoms with van der Waals surface area (Å²) >= 11 is 1.62. The predicted molar refractivity (Wildman–Crippen MR) is 145 cm³/mol. The van der Waals surface area contributed by atoms with Gasteiger partial charge in [0, 0.05) is 22.3 Å². The maximum absolute atomic E-state index is 13.2. The normalized spacial score (nSPS) is 12.6. The number of aliphatic imine (C=N–C) groups is 1. The summed E-state index contributed by atoms with van der Waals surface area (Å²) in [7, 11) is 0. The molecule has 0 radical (unpaired) electrons. The summed E-state index contributed by atoms with van der Waals surface area (Å²) in [5.74, 6) is 0.614. The molecule has 0 bridgehead atoms. The van der Waals surface area contributed by atoms with Crippen molar-refractivity contribution in [3.8, 4) is 11.8 Å². The van der Waals surface area contributed by atoms with Crippen LogP contribution in [0.4, 0.5) is 10.7 Å². The fourth-order valence-electron chi connectivity index (χ4n) is 4.29. The van der Waals surface area contributed by atoms with Crippen molar-refractivity contribution in [3.63, 3.8) is 0 Å². The van der Waals surface area contributed by atoms with Gasteiger partial charge in [-0.1, -0.05) is 36.4 Å². The average Bonchev–Trinajstić information content (AvgIpc) is 3.30. The molecule has 0 saturated carbocycles. The van der Waals surface area contributed by atoms with Crippen LogP contribution in [0.15, 0.2) is 83.9 Å². The maximum Gasteiger partial charge on any atom is 0.259 e. The monoisotopic (exact) mass is 491 g/mol. The number of benzene rings is 3. The molecule has 1 aliphatic carbocycles. The molecule has 1 N–H and O–H groups in total. The van der Waals surface area contributed by atoms with E-state index in [-0.39, 0.29) is 5.91 Å². The summed E-state index contributed by atoms with van der Waals surface area (Å²) in [5.41, 5.74) is 5.02. The average molecular weight is 492 g/mol. The van der Waals surface area contributed by atoms with Gasteiger partial charge in [0.1, 0.15) is 17.4 Å². The number of carbonyl (C=O) groups excluding carboxylic acids is 1. The summed E-state index contributed by atoms with van der Waals surface area (Å²) in [6, 6.07) is 26.8. The second kappa shape index (κ2) is 11.0. The van der Waals surface area contributed by atoms with Crippen LogP contribution < -0.4 is 10.1 Å². The molecule has 3 aromatic carbocycles. The Morgan fingerprint density at radius 1 is 1.00 bits per heavy atom. The first kappa shape index (κ1) is 23.5. The topological polar surface area (TPSA) is 74.5 Å². The number of carbonyl (C=O) groups is 1. The van der Waals surface area contributed by atoms with Crippen molar-refractivity contribution in [2.75, 3.05) is 5.32 Å². The number of nitrogens with one attached hydrogen (secondary N) is 1. The van der Waals surface area contributed by atoms with Gasteiger partial charge in [-0.3, -0.25) is 4.79 Å². The Kier molecular flexibility index (Phi) is 7.20. The molecule has 5 rings (SSSR count). The zero-order chi connectivity index (χ0) is 24.7. The van der Waals surface area contributed by atoms with E-state index < -0.39 is 0 Å². The number of para-hydroxylation sites is 1. The lowest BCUT2D eigenvalue weighted by Gasteiger charge is -2.12. The fraction of sp³-hybridized carbons (Fsp3) is 0.167. The van der Waals surface area contributed by atoms with Crippen LogP contribution in [0.3, 0.4) is 0 Å². The van der Waals surface area contributed by atoms with Crippen LogP contribution in [0.1, 0.15) is 50.3 Å². The molecule has 178 valence electrons. The van der Waals surface area contributed by atoms with Crippen LogP contribution >= 0.6 is 11.3 Å². The molecule has 5 nitrogen and oxygen atoms in total. The van der Waals surface area contributed by atoms with E-state index in [1.54, 1.807) is 23.6 Å². The zero-order valence-electron chi connectivity index (χ0n) is 19.7. The highest BCUT2D eigenvalue weighted by atomic mass is 32.1. The minimum Gasteiger partial charge on any atom is -0.489 e. The van der Waals surface area contributed by atoms with Crippen molar-refractivity contribution in [1.29, 1.82) is 5.26 Å². The molecule has 0 unspecified atom stereocenters. The van der Waals surface area contributed by atoms with Crippen molar-refractivity contribution in [2.24, 2.45) is 4.99 Å². The molecular formula is C30H25N3O2S. The van der Waals surface area contributed by atoms with Gasteiger partial charge in [0.05, 0.1) is 17.2 Å². The van der Waals surface area contributed by atoms with Gasteiger partial charge in [-0.2, -0.15) is 5.26 Å². The lowest BCUT2D eigenvalue weighted by Crippen LogP contribution is -2.14. The van der Waals surface area contributed by atoms with Crippen molar-refractivity contribution in [1.82, 2.24) is 0 Å². The third kappa shape index (κ3) is 5.37. The first-order chi connectivity index (χ1) is 17.7. The van der Waals surface area contributed by atoms with Crippen molar-refractivity contribution in [2.45, 2.75) is 32.3 Å². The van der Waals surface area contributed by atoms with E-state index in [1.165, 1.54) is 4.88 Å². The van der Waals surface area contributed by atoms with E-state index in [0.717, 1.165) is 58.8 Å². The molecule has 0 atom stereocenters. The number of amides is 1. The third-order valence-electron chi connectivity index (χ3n) is 6.15. The van der Waals surface area contributed by atoms with E-state index in [0.29, 0.717) is 17.7 Å². The van der Waals surface area contributed by atoms with E-state index in [9.17, 15) is 10.1 Å². The second-order valence-corrected chi connectivity index (χ2v) is 9.68. The zero-order valence-corrected chi connectivity index (χ0v) is 20.6. The highest BCUT2D eigenvalue weighted by Crippen LogP contribution is 2.40. The second-order valence-electron chi connectivity index (χ2n) is 8.60. The van der Waals surface area contributed by atoms with Crippen LogP contribution in [0.5, 0.6) is 5.75 Å². The Bertz CT molecular complexity index is 1430. The van der Waals surface area contributed by atoms with Gasteiger partial charge >= 0.3 is 0 Å². The molecule has 1 amide bonds. The fourth-order valence-corrected chi connectivity index (χ4v) is 5.52. The smallest absolute Gasteiger partial charge is 0.259 e. The van der Waals surface area contributed by atoms with Crippen LogP contribution in [-0.2, 0) is 19.4 Å². The standard InChI is InChI=1S/C30H25N3O2S/c31-18-22-8-4-5-9-23(22)20-35-25-16-14-21(15-17-25)19-32-30-28(26-12-6-7-13-27(26)36-30)29(34)33-24-10-2-1-3-11-24/h1-5,8-11,14-17,19H,6-7,12-13,20H2,(H,33,34). The molecule has 1 aromatic heterocycles. The summed E-state index contributed by atoms with van der Waals surface area (Å²) in [6.07, 6.45) is 5.96. The van der Waals surface area contributed by atoms with Gasteiger partial charge < -0.3 is 10.1 Å². The van der Waals surface area contributed by atoms with Crippen LogP contribution in [0.2, 0.25) is 0 Å². The van der Waals surface area contributed by atoms with Gasteiger partial charge in [0.2, 0.25) is 0 Å². The number of aryl methyl sites for hydroxylation is 1. The van der Waals surface area contributed by atoms with Gasteiger partial charge in [0.25, 0.3) is 5.91 Å². The molecule has 6 heteroatoms. The minimum atomic E-state index is -0.103. The van der Waals surface area contributed by atoms with E-state index >= 15 is 0 Å². The first-order valence-electron chi connectivity index (χ1n) is 12.0. The van der Waals surface area contributed by atoms with Gasteiger partial charge in [0.15, 0.2) is 0 Å². The first-order valence-corrected chi connectivity index (χ1v) is 12.8. The molecule has 0 saturated heterocycles. The largest absolute Gasteiger partial charge is 0.489 e. The Labute approximate surface area is 214 Å². The molecule has 1 heterocycles. The van der Waals surface area contributed by atoms with Gasteiger partial charge in [-0.15, -0.1) is 11.3 Å². The van der Waals surface area contributed by atoms with E-state index in [2.05, 4.69) is 11.4 Å². The Morgan fingerprint density at radius 3 is 2.56 bits per heavy atom. The quantitative estimate of drug-likeness (QED) is 0.281. The molecular weight excluding hydrogens is 466 g/mol.